The van der Waals surface area contributed by atoms with Gasteiger partial charge in [-0.3, -0.25) is 0 Å². The molecule has 10 heteroatoms. The average molecular weight is 416 g/mol. The Morgan fingerprint density at radius 1 is 1.15 bits per heavy atom. The summed E-state index contributed by atoms with van der Waals surface area (Å²) in [5.41, 5.74) is 0.187. The molecule has 26 heavy (non-hydrogen) atoms. The van der Waals surface area contributed by atoms with Gasteiger partial charge >= 0.3 is 6.03 Å². The number of phenols is 1. The zero-order chi connectivity index (χ0) is 18.9. The fraction of sp³-hybridized carbons (Fsp3) is 0.250. The molecule has 0 aliphatic heterocycles. The number of nitrogens with one attached hydrogen (secondary N) is 2. The Morgan fingerprint density at radius 3 is 2.46 bits per heavy atom. The molecule has 1 aliphatic carbocycles. The van der Waals surface area contributed by atoms with E-state index in [1.54, 1.807) is 12.1 Å². The minimum atomic E-state index is -3.77. The number of carbonyl (C=O) groups is 1. The first kappa shape index (κ1) is 18.8. The molecule has 2 amide bonds. The van der Waals surface area contributed by atoms with Gasteiger partial charge in [-0.25, -0.2) is 18.2 Å². The topological polar surface area (TPSA) is 108 Å². The number of aromatic hydroxyl groups is 1. The molecule has 0 bridgehead atoms. The number of phenolic OH excluding ortho intramolecular Hbond substituents is 1. The highest BCUT2D eigenvalue weighted by Gasteiger charge is 2.36. The molecule has 138 valence electrons. The fourth-order valence-corrected chi connectivity index (χ4v) is 5.17. The van der Waals surface area contributed by atoms with Gasteiger partial charge in [0.1, 0.15) is 4.90 Å². The fourth-order valence-electron chi connectivity index (χ4n) is 2.52. The maximum absolute atomic E-state index is 12.6. The van der Waals surface area contributed by atoms with E-state index in [0.717, 1.165) is 6.42 Å². The van der Waals surface area contributed by atoms with Gasteiger partial charge in [0.15, 0.2) is 20.7 Å². The molecule has 0 saturated heterocycles. The van der Waals surface area contributed by atoms with Crippen molar-refractivity contribution in [1.29, 1.82) is 0 Å². The van der Waals surface area contributed by atoms with Gasteiger partial charge in [0.05, 0.1) is 21.6 Å². The summed E-state index contributed by atoms with van der Waals surface area (Å²) in [7, 11) is -3.77. The van der Waals surface area contributed by atoms with Crippen LogP contribution in [0.4, 0.5) is 16.2 Å². The van der Waals surface area contributed by atoms with Crippen LogP contribution in [0.15, 0.2) is 35.4 Å². The molecular formula is C16H15Cl2N3O4S. The predicted octanol–water partition coefficient (Wildman–Crippen LogP) is 4.06. The number of halogens is 2. The highest BCUT2D eigenvalue weighted by Crippen LogP contribution is 2.42. The minimum absolute atomic E-state index is 0.0789. The molecule has 0 unspecified atom stereocenters. The second kappa shape index (κ2) is 7.30. The number of nitrogens with zero attached hydrogens (tertiary/aromatic N) is 1. The van der Waals surface area contributed by atoms with Crippen molar-refractivity contribution in [1.82, 2.24) is 4.98 Å². The average Bonchev–Trinajstić information content (AvgIpc) is 2.50. The maximum atomic E-state index is 12.6. The minimum Gasteiger partial charge on any atom is -0.504 e. The van der Waals surface area contributed by atoms with E-state index >= 15 is 0 Å². The van der Waals surface area contributed by atoms with Gasteiger partial charge in [-0.2, -0.15) is 0 Å². The Bertz CT molecular complexity index is 962. The number of amides is 2. The van der Waals surface area contributed by atoms with Crippen molar-refractivity contribution in [2.75, 3.05) is 10.6 Å². The monoisotopic (exact) mass is 415 g/mol. The zero-order valence-electron chi connectivity index (χ0n) is 13.4. The Morgan fingerprint density at radius 2 is 1.85 bits per heavy atom. The molecule has 1 aromatic carbocycles. The van der Waals surface area contributed by atoms with Crippen LogP contribution < -0.4 is 10.6 Å². The van der Waals surface area contributed by atoms with Crippen LogP contribution in [0.25, 0.3) is 0 Å². The van der Waals surface area contributed by atoms with Crippen LogP contribution in [0.1, 0.15) is 19.3 Å². The second-order valence-electron chi connectivity index (χ2n) is 5.79. The lowest BCUT2D eigenvalue weighted by atomic mass is 10.00. The Kier molecular flexibility index (Phi) is 5.27. The highest BCUT2D eigenvalue weighted by molar-refractivity contribution is 7.92. The van der Waals surface area contributed by atoms with E-state index < -0.39 is 26.9 Å². The Hall–Kier alpha value is -2.03. The summed E-state index contributed by atoms with van der Waals surface area (Å²) >= 11 is 11.9. The number of urea groups is 1. The third-order valence-corrected chi connectivity index (χ3v) is 7.17. The zero-order valence-corrected chi connectivity index (χ0v) is 15.7. The van der Waals surface area contributed by atoms with Gasteiger partial charge in [-0.1, -0.05) is 29.6 Å². The first-order valence-corrected chi connectivity index (χ1v) is 10.0. The van der Waals surface area contributed by atoms with Gasteiger partial charge in [0, 0.05) is 6.20 Å². The van der Waals surface area contributed by atoms with E-state index in [1.807, 2.05) is 0 Å². The molecule has 1 aliphatic rings. The number of hydrogen-bond acceptors (Lipinski definition) is 5. The van der Waals surface area contributed by atoms with E-state index in [0.29, 0.717) is 12.8 Å². The lowest BCUT2D eigenvalue weighted by molar-refractivity contribution is 0.262. The van der Waals surface area contributed by atoms with E-state index in [2.05, 4.69) is 15.6 Å². The van der Waals surface area contributed by atoms with Crippen molar-refractivity contribution < 1.29 is 18.3 Å². The second-order valence-corrected chi connectivity index (χ2v) is 8.72. The van der Waals surface area contributed by atoms with Gasteiger partial charge in [0.25, 0.3) is 0 Å². The van der Waals surface area contributed by atoms with Crippen LogP contribution >= 0.6 is 23.2 Å². The molecular weight excluding hydrogens is 401 g/mol. The highest BCUT2D eigenvalue weighted by atomic mass is 35.5. The first-order valence-electron chi connectivity index (χ1n) is 7.74. The molecule has 1 fully saturated rings. The van der Waals surface area contributed by atoms with Gasteiger partial charge in [-0.15, -0.1) is 0 Å². The third-order valence-electron chi connectivity index (χ3n) is 4.11. The molecule has 1 saturated carbocycles. The van der Waals surface area contributed by atoms with Crippen LogP contribution in [0.2, 0.25) is 10.2 Å². The quantitative estimate of drug-likeness (QED) is 0.515. The standard InChI is InChI=1S/C16H15Cl2N3O4S/c17-10-6-7-11(13(22)14(10)26(24,25)9-3-1-4-9)20-16(23)21-12-5-2-8-19-15(12)18/h2,5-9,22H,1,3-4H2,(H2,20,21,23). The van der Waals surface area contributed by atoms with Gasteiger partial charge < -0.3 is 15.7 Å². The molecule has 0 spiro atoms. The number of anilines is 2. The number of aromatic nitrogens is 1. The van der Waals surface area contributed by atoms with Crippen LogP contribution in [-0.4, -0.2) is 29.8 Å². The summed E-state index contributed by atoms with van der Waals surface area (Å²) in [4.78, 5) is 15.6. The molecule has 3 N–H and O–H groups in total. The molecule has 3 rings (SSSR count). The summed E-state index contributed by atoms with van der Waals surface area (Å²) in [6.07, 6.45) is 3.33. The van der Waals surface area contributed by atoms with Crippen molar-refractivity contribution in [3.63, 3.8) is 0 Å². The maximum Gasteiger partial charge on any atom is 0.323 e. The van der Waals surface area contributed by atoms with E-state index in [4.69, 9.17) is 23.2 Å². The SMILES string of the molecule is O=C(Nc1cccnc1Cl)Nc1ccc(Cl)c(S(=O)(=O)C2CCC2)c1O. The molecule has 7 nitrogen and oxygen atoms in total. The van der Waals surface area contributed by atoms with Crippen molar-refractivity contribution in [3.8, 4) is 5.75 Å². The summed E-state index contributed by atoms with van der Waals surface area (Å²) in [6.45, 7) is 0. The number of benzene rings is 1. The van der Waals surface area contributed by atoms with E-state index in [9.17, 15) is 18.3 Å². The van der Waals surface area contributed by atoms with Crippen molar-refractivity contribution >= 4 is 50.4 Å². The third kappa shape index (κ3) is 3.58. The van der Waals surface area contributed by atoms with Gasteiger partial charge in [0.2, 0.25) is 0 Å². The number of carbonyl (C=O) groups excluding carboxylic acids is 1. The largest absolute Gasteiger partial charge is 0.504 e. The number of rotatable bonds is 4. The summed E-state index contributed by atoms with van der Waals surface area (Å²) in [5, 5.41) is 14.7. The Labute approximate surface area is 160 Å². The molecule has 1 heterocycles. The Balaban J connectivity index is 1.86. The number of sulfone groups is 1. The van der Waals surface area contributed by atoms with Crippen molar-refractivity contribution in [2.24, 2.45) is 0 Å². The van der Waals surface area contributed by atoms with Crippen LogP contribution in [0, 0.1) is 0 Å². The smallest absolute Gasteiger partial charge is 0.323 e. The number of hydrogen-bond donors (Lipinski definition) is 3. The summed E-state index contributed by atoms with van der Waals surface area (Å²) in [6, 6.07) is 5.05. The van der Waals surface area contributed by atoms with E-state index in [-0.39, 0.29) is 26.4 Å². The molecule has 1 aromatic heterocycles. The lowest BCUT2D eigenvalue weighted by Crippen LogP contribution is -2.29. The van der Waals surface area contributed by atoms with E-state index in [1.165, 1.54) is 18.3 Å². The number of pyridine rings is 1. The molecule has 0 radical (unpaired) electrons. The first-order chi connectivity index (χ1) is 12.3. The van der Waals surface area contributed by atoms with Crippen LogP contribution in [-0.2, 0) is 9.84 Å². The molecule has 0 atom stereocenters. The predicted molar refractivity (Wildman–Crippen MR) is 99.8 cm³/mol. The normalized spacial score (nSPS) is 14.5. The van der Waals surface area contributed by atoms with Crippen LogP contribution in [0.5, 0.6) is 5.75 Å². The summed E-state index contributed by atoms with van der Waals surface area (Å²) in [5.74, 6) is -0.586. The van der Waals surface area contributed by atoms with Crippen LogP contribution in [0.3, 0.4) is 0 Å². The summed E-state index contributed by atoms with van der Waals surface area (Å²) < 4.78 is 25.3. The van der Waals surface area contributed by atoms with Crippen molar-refractivity contribution in [2.45, 2.75) is 29.4 Å². The van der Waals surface area contributed by atoms with Crippen molar-refractivity contribution in [3.05, 3.63) is 40.6 Å². The molecule has 2 aromatic rings. The van der Waals surface area contributed by atoms with Gasteiger partial charge in [-0.05, 0) is 37.1 Å². The lowest BCUT2D eigenvalue weighted by Gasteiger charge is -2.26.